The molecule has 0 fully saturated rings. The van der Waals surface area contributed by atoms with Crippen molar-refractivity contribution in [3.63, 3.8) is 0 Å². The summed E-state index contributed by atoms with van der Waals surface area (Å²) in [5.74, 6) is -0.0858. The Morgan fingerprint density at radius 1 is 1.00 bits per heavy atom. The summed E-state index contributed by atoms with van der Waals surface area (Å²) in [6.07, 6.45) is 0. The van der Waals surface area contributed by atoms with Gasteiger partial charge in [-0.25, -0.2) is 0 Å². The van der Waals surface area contributed by atoms with Crippen LogP contribution in [0, 0.1) is 24.0 Å². The van der Waals surface area contributed by atoms with Gasteiger partial charge in [-0.15, -0.1) is 0 Å². The second-order valence-electron chi connectivity index (χ2n) is 7.48. The molecule has 0 aliphatic carbocycles. The van der Waals surface area contributed by atoms with Gasteiger partial charge in [0.2, 0.25) is 5.91 Å². The van der Waals surface area contributed by atoms with E-state index in [1.807, 2.05) is 43.0 Å². The monoisotopic (exact) mass is 412 g/mol. The van der Waals surface area contributed by atoms with Crippen LogP contribution in [-0.2, 0) is 11.3 Å². The fourth-order valence-electron chi connectivity index (χ4n) is 3.46. The predicted octanol–water partition coefficient (Wildman–Crippen LogP) is 3.99. The molecule has 0 unspecified atom stereocenters. The van der Waals surface area contributed by atoms with Crippen LogP contribution in [0.5, 0.6) is 0 Å². The topological polar surface area (TPSA) is 78.7 Å². The molecule has 162 valence electrons. The van der Waals surface area contributed by atoms with Crippen LogP contribution in [0.1, 0.15) is 30.5 Å². The summed E-state index contributed by atoms with van der Waals surface area (Å²) in [6, 6.07) is 12.5. The van der Waals surface area contributed by atoms with E-state index in [0.29, 0.717) is 13.1 Å². The second kappa shape index (κ2) is 11.4. The number of anilines is 1. The molecule has 0 bridgehead atoms. The number of amides is 1. The molecular formula is C23H32N4O3. The molecule has 2 rings (SSSR count). The zero-order valence-electron chi connectivity index (χ0n) is 18.4. The second-order valence-corrected chi connectivity index (χ2v) is 7.48. The van der Waals surface area contributed by atoms with Crippen LogP contribution in [0.25, 0.3) is 0 Å². The maximum atomic E-state index is 12.8. The number of nitro benzene ring substituents is 1. The lowest BCUT2D eigenvalue weighted by Crippen LogP contribution is -2.39. The predicted molar refractivity (Wildman–Crippen MR) is 121 cm³/mol. The minimum absolute atomic E-state index is 0.0659. The lowest BCUT2D eigenvalue weighted by Gasteiger charge is -2.26. The lowest BCUT2D eigenvalue weighted by atomic mass is 10.1. The van der Waals surface area contributed by atoms with E-state index in [0.717, 1.165) is 42.0 Å². The first-order chi connectivity index (χ1) is 14.3. The Kier molecular flexibility index (Phi) is 8.95. The third kappa shape index (κ3) is 6.93. The van der Waals surface area contributed by atoms with Gasteiger partial charge in [0.15, 0.2) is 0 Å². The Labute approximate surface area is 178 Å². The van der Waals surface area contributed by atoms with Crippen molar-refractivity contribution in [1.82, 2.24) is 9.80 Å². The van der Waals surface area contributed by atoms with Crippen LogP contribution < -0.4 is 5.32 Å². The van der Waals surface area contributed by atoms with Crippen molar-refractivity contribution in [3.8, 4) is 0 Å². The normalized spacial score (nSPS) is 11.1. The fraction of sp³-hybridized carbons (Fsp3) is 0.435. The molecule has 2 aromatic carbocycles. The number of likely N-dealkylation sites (N-methyl/N-ethyl adjacent to an activating group) is 1. The Morgan fingerprint density at radius 2 is 1.60 bits per heavy atom. The molecule has 30 heavy (non-hydrogen) atoms. The van der Waals surface area contributed by atoms with Gasteiger partial charge in [0, 0.05) is 37.5 Å². The molecule has 2 aromatic rings. The number of rotatable bonds is 11. The number of hydrogen-bond acceptors (Lipinski definition) is 5. The van der Waals surface area contributed by atoms with Gasteiger partial charge in [-0.1, -0.05) is 44.2 Å². The average molecular weight is 413 g/mol. The van der Waals surface area contributed by atoms with Crippen LogP contribution in [0.4, 0.5) is 11.4 Å². The minimum Gasteiger partial charge on any atom is -0.324 e. The molecule has 0 heterocycles. The van der Waals surface area contributed by atoms with E-state index in [2.05, 4.69) is 24.1 Å². The summed E-state index contributed by atoms with van der Waals surface area (Å²) in [5, 5.41) is 14.1. The highest BCUT2D eigenvalue weighted by molar-refractivity contribution is 5.93. The van der Waals surface area contributed by atoms with E-state index in [1.54, 1.807) is 12.1 Å². The Morgan fingerprint density at radius 3 is 2.20 bits per heavy atom. The van der Waals surface area contributed by atoms with E-state index in [-0.39, 0.29) is 18.1 Å². The molecule has 7 heteroatoms. The first-order valence-electron chi connectivity index (χ1n) is 10.4. The maximum absolute atomic E-state index is 12.8. The first kappa shape index (κ1) is 23.5. The molecule has 0 aromatic heterocycles. The van der Waals surface area contributed by atoms with Crippen molar-refractivity contribution in [2.75, 3.05) is 38.0 Å². The van der Waals surface area contributed by atoms with Crippen LogP contribution >= 0.6 is 0 Å². The molecule has 0 spiro atoms. The molecule has 0 saturated heterocycles. The summed E-state index contributed by atoms with van der Waals surface area (Å²) in [5.41, 5.74) is 3.79. The summed E-state index contributed by atoms with van der Waals surface area (Å²) < 4.78 is 0. The molecule has 0 saturated carbocycles. The molecule has 0 atom stereocenters. The number of carbonyl (C=O) groups excluding carboxylic acids is 1. The first-order valence-corrected chi connectivity index (χ1v) is 10.4. The van der Waals surface area contributed by atoms with Crippen molar-refractivity contribution >= 4 is 17.3 Å². The van der Waals surface area contributed by atoms with Gasteiger partial charge in [-0.3, -0.25) is 19.8 Å². The average Bonchev–Trinajstić information content (AvgIpc) is 2.71. The molecule has 1 amide bonds. The van der Waals surface area contributed by atoms with Crippen molar-refractivity contribution in [3.05, 3.63) is 69.3 Å². The van der Waals surface area contributed by atoms with Crippen LogP contribution in [0.2, 0.25) is 0 Å². The van der Waals surface area contributed by atoms with Gasteiger partial charge in [0.05, 0.1) is 11.5 Å². The van der Waals surface area contributed by atoms with Gasteiger partial charge >= 0.3 is 0 Å². The number of hydrogen-bond donors (Lipinski definition) is 1. The lowest BCUT2D eigenvalue weighted by molar-refractivity contribution is -0.384. The minimum atomic E-state index is -0.391. The summed E-state index contributed by atoms with van der Waals surface area (Å²) in [7, 11) is 0. The molecule has 0 aliphatic heterocycles. The standard InChI is InChI=1S/C23H32N4O3/c1-5-25(6-2)13-14-26(16-20-11-8-12-21(15-20)27(29)30)17-22(28)24-23-18(3)9-7-10-19(23)4/h7-12,15H,5-6,13-14,16-17H2,1-4H3,(H,24,28). The van der Waals surface area contributed by atoms with Gasteiger partial charge in [-0.05, 0) is 43.6 Å². The van der Waals surface area contributed by atoms with Crippen molar-refractivity contribution < 1.29 is 9.72 Å². The summed E-state index contributed by atoms with van der Waals surface area (Å²) >= 11 is 0. The third-order valence-electron chi connectivity index (χ3n) is 5.27. The van der Waals surface area contributed by atoms with E-state index in [4.69, 9.17) is 0 Å². The number of aryl methyl sites for hydroxylation is 2. The third-order valence-corrected chi connectivity index (χ3v) is 5.27. The quantitative estimate of drug-likeness (QED) is 0.446. The smallest absolute Gasteiger partial charge is 0.269 e. The SMILES string of the molecule is CCN(CC)CCN(CC(=O)Nc1c(C)cccc1C)Cc1cccc([N+](=O)[O-])c1. The number of nitrogens with zero attached hydrogens (tertiary/aromatic N) is 3. The van der Waals surface area contributed by atoms with E-state index in [1.165, 1.54) is 6.07 Å². The summed E-state index contributed by atoms with van der Waals surface area (Å²) in [6.45, 7) is 12.3. The van der Waals surface area contributed by atoms with Crippen molar-refractivity contribution in [2.45, 2.75) is 34.2 Å². The molecule has 0 radical (unpaired) electrons. The highest BCUT2D eigenvalue weighted by Gasteiger charge is 2.16. The summed E-state index contributed by atoms with van der Waals surface area (Å²) in [4.78, 5) is 27.8. The largest absolute Gasteiger partial charge is 0.324 e. The molecule has 0 aliphatic rings. The number of non-ortho nitro benzene ring substituents is 1. The Balaban J connectivity index is 2.13. The number of para-hydroxylation sites is 1. The number of nitro groups is 1. The molecule has 1 N–H and O–H groups in total. The molecule has 7 nitrogen and oxygen atoms in total. The number of nitrogens with one attached hydrogen (secondary N) is 1. The maximum Gasteiger partial charge on any atom is 0.269 e. The van der Waals surface area contributed by atoms with Crippen LogP contribution in [0.15, 0.2) is 42.5 Å². The van der Waals surface area contributed by atoms with Gasteiger partial charge < -0.3 is 10.2 Å². The van der Waals surface area contributed by atoms with E-state index in [9.17, 15) is 14.9 Å². The van der Waals surface area contributed by atoms with E-state index < -0.39 is 4.92 Å². The van der Waals surface area contributed by atoms with Gasteiger partial charge in [-0.2, -0.15) is 0 Å². The molecular weight excluding hydrogens is 380 g/mol. The number of carbonyl (C=O) groups is 1. The highest BCUT2D eigenvalue weighted by atomic mass is 16.6. The highest BCUT2D eigenvalue weighted by Crippen LogP contribution is 2.20. The Hall–Kier alpha value is -2.77. The van der Waals surface area contributed by atoms with E-state index >= 15 is 0 Å². The van der Waals surface area contributed by atoms with Gasteiger partial charge in [0.25, 0.3) is 5.69 Å². The van der Waals surface area contributed by atoms with Crippen molar-refractivity contribution in [2.24, 2.45) is 0 Å². The number of benzene rings is 2. The fourth-order valence-corrected chi connectivity index (χ4v) is 3.46. The van der Waals surface area contributed by atoms with Crippen LogP contribution in [-0.4, -0.2) is 53.4 Å². The van der Waals surface area contributed by atoms with Crippen molar-refractivity contribution in [1.29, 1.82) is 0 Å². The van der Waals surface area contributed by atoms with Gasteiger partial charge in [0.1, 0.15) is 0 Å². The zero-order valence-corrected chi connectivity index (χ0v) is 18.4. The van der Waals surface area contributed by atoms with Crippen LogP contribution in [0.3, 0.4) is 0 Å². The zero-order chi connectivity index (χ0) is 22.1. The Bertz CT molecular complexity index is 845.